The fourth-order valence-electron chi connectivity index (χ4n) is 3.20. The van der Waals surface area contributed by atoms with Gasteiger partial charge in [-0.1, -0.05) is 30.3 Å². The molecule has 1 aliphatic carbocycles. The number of amides is 1. The van der Waals surface area contributed by atoms with Gasteiger partial charge in [0.25, 0.3) is 0 Å². The van der Waals surface area contributed by atoms with Crippen molar-refractivity contribution >= 4 is 11.7 Å². The van der Waals surface area contributed by atoms with E-state index in [9.17, 15) is 4.79 Å². The molecule has 4 rings (SSSR count). The second kappa shape index (κ2) is 8.35. The van der Waals surface area contributed by atoms with E-state index < -0.39 is 0 Å². The number of carbonyl (C=O) groups excluding carboxylic acids is 1. The van der Waals surface area contributed by atoms with Crippen molar-refractivity contribution in [3.63, 3.8) is 0 Å². The van der Waals surface area contributed by atoms with E-state index >= 15 is 0 Å². The number of rotatable bonds is 8. The molecule has 1 unspecified atom stereocenters. The third kappa shape index (κ3) is 4.64. The van der Waals surface area contributed by atoms with Crippen LogP contribution in [0.1, 0.15) is 18.4 Å². The summed E-state index contributed by atoms with van der Waals surface area (Å²) in [5.41, 5.74) is 2.93. The van der Waals surface area contributed by atoms with Crippen LogP contribution in [-0.4, -0.2) is 33.3 Å². The summed E-state index contributed by atoms with van der Waals surface area (Å²) in [7, 11) is 1.84. The molecule has 6 heteroatoms. The van der Waals surface area contributed by atoms with E-state index in [1.165, 1.54) is 12.8 Å². The van der Waals surface area contributed by atoms with Crippen LogP contribution in [0, 0.1) is 5.92 Å². The van der Waals surface area contributed by atoms with Crippen molar-refractivity contribution in [1.29, 1.82) is 0 Å². The molecule has 1 aliphatic rings. The summed E-state index contributed by atoms with van der Waals surface area (Å²) in [6.45, 7) is 0.887. The monoisotopic (exact) mass is 375 g/mol. The van der Waals surface area contributed by atoms with Gasteiger partial charge < -0.3 is 10.6 Å². The van der Waals surface area contributed by atoms with Gasteiger partial charge in [0.1, 0.15) is 5.82 Å². The van der Waals surface area contributed by atoms with E-state index in [0.29, 0.717) is 18.2 Å². The van der Waals surface area contributed by atoms with Crippen molar-refractivity contribution in [2.75, 3.05) is 11.9 Å². The van der Waals surface area contributed by atoms with Crippen LogP contribution < -0.4 is 10.6 Å². The first-order valence-electron chi connectivity index (χ1n) is 9.71. The number of carbonyl (C=O) groups is 1. The van der Waals surface area contributed by atoms with Crippen LogP contribution in [0.15, 0.2) is 60.9 Å². The van der Waals surface area contributed by atoms with E-state index in [1.54, 1.807) is 17.1 Å². The second-order valence-corrected chi connectivity index (χ2v) is 7.36. The van der Waals surface area contributed by atoms with Crippen LogP contribution in [0.4, 0.5) is 5.82 Å². The van der Waals surface area contributed by atoms with E-state index in [0.717, 1.165) is 23.4 Å². The molecule has 1 aromatic carbocycles. The van der Waals surface area contributed by atoms with Gasteiger partial charge in [0, 0.05) is 31.1 Å². The number of nitrogens with zero attached hydrogens (tertiary/aromatic N) is 3. The quantitative estimate of drug-likeness (QED) is 0.635. The van der Waals surface area contributed by atoms with Gasteiger partial charge in [0.2, 0.25) is 5.91 Å². The summed E-state index contributed by atoms with van der Waals surface area (Å²) in [5, 5.41) is 11.0. The minimum Gasteiger partial charge on any atom is -0.310 e. The van der Waals surface area contributed by atoms with Crippen LogP contribution in [0.5, 0.6) is 0 Å². The Bertz CT molecular complexity index is 919. The predicted molar refractivity (Wildman–Crippen MR) is 110 cm³/mol. The Morgan fingerprint density at radius 3 is 2.64 bits per heavy atom. The van der Waals surface area contributed by atoms with Crippen molar-refractivity contribution in [2.45, 2.75) is 25.3 Å². The lowest BCUT2D eigenvalue weighted by Crippen LogP contribution is -2.43. The maximum absolute atomic E-state index is 13.0. The zero-order valence-corrected chi connectivity index (χ0v) is 16.0. The summed E-state index contributed by atoms with van der Waals surface area (Å²) >= 11 is 0. The van der Waals surface area contributed by atoms with Crippen molar-refractivity contribution in [2.24, 2.45) is 13.0 Å². The Kier molecular flexibility index (Phi) is 5.48. The molecule has 2 aromatic heterocycles. The summed E-state index contributed by atoms with van der Waals surface area (Å²) in [6.07, 6.45) is 6.64. The molecule has 2 N–H and O–H groups in total. The highest BCUT2D eigenvalue weighted by Gasteiger charge is 2.25. The van der Waals surface area contributed by atoms with Crippen molar-refractivity contribution in [3.8, 4) is 11.3 Å². The van der Waals surface area contributed by atoms with Crippen LogP contribution in [0.3, 0.4) is 0 Å². The van der Waals surface area contributed by atoms with Gasteiger partial charge in [0.05, 0.1) is 11.7 Å². The van der Waals surface area contributed by atoms with Crippen LogP contribution >= 0.6 is 0 Å². The highest BCUT2D eigenvalue weighted by molar-refractivity contribution is 5.94. The van der Waals surface area contributed by atoms with E-state index in [-0.39, 0.29) is 11.9 Å². The average molecular weight is 375 g/mol. The maximum Gasteiger partial charge on any atom is 0.242 e. The number of pyridine rings is 1. The minimum absolute atomic E-state index is 0.0335. The molecule has 144 valence electrons. The SMILES string of the molecule is Cn1nc(-c2ccncc2)cc1NC(=O)C(Cc1ccccc1)NCC1CC1. The van der Waals surface area contributed by atoms with Crippen molar-refractivity contribution < 1.29 is 4.79 Å². The normalized spacial score (nSPS) is 14.6. The first-order valence-corrected chi connectivity index (χ1v) is 9.71. The number of hydrogen-bond donors (Lipinski definition) is 2. The standard InChI is InChI=1S/C22H25N5O/c1-27-21(14-19(26-27)18-9-11-23-12-10-18)25-22(28)20(24-15-17-7-8-17)13-16-5-3-2-4-6-16/h2-6,9-12,14,17,20,24H,7-8,13,15H2,1H3,(H,25,28). The van der Waals surface area contributed by atoms with Gasteiger partial charge in [-0.25, -0.2) is 0 Å². The van der Waals surface area contributed by atoms with Crippen LogP contribution in [0.2, 0.25) is 0 Å². The molecule has 1 saturated carbocycles. The summed E-state index contributed by atoms with van der Waals surface area (Å²) < 4.78 is 1.70. The number of benzene rings is 1. The molecule has 0 saturated heterocycles. The lowest BCUT2D eigenvalue weighted by molar-refractivity contribution is -0.118. The Morgan fingerprint density at radius 1 is 1.18 bits per heavy atom. The van der Waals surface area contributed by atoms with Crippen LogP contribution in [-0.2, 0) is 18.3 Å². The van der Waals surface area contributed by atoms with E-state index in [2.05, 4.69) is 32.8 Å². The first kappa shape index (κ1) is 18.4. The van der Waals surface area contributed by atoms with Gasteiger partial charge in [-0.05, 0) is 49.4 Å². The molecule has 0 aliphatic heterocycles. The highest BCUT2D eigenvalue weighted by atomic mass is 16.2. The zero-order chi connectivity index (χ0) is 19.3. The zero-order valence-electron chi connectivity index (χ0n) is 16.0. The molecule has 1 atom stereocenters. The molecule has 1 fully saturated rings. The topological polar surface area (TPSA) is 71.8 Å². The number of aromatic nitrogens is 3. The number of hydrogen-bond acceptors (Lipinski definition) is 4. The third-order valence-corrected chi connectivity index (χ3v) is 5.06. The van der Waals surface area contributed by atoms with E-state index in [4.69, 9.17) is 0 Å². The summed E-state index contributed by atoms with van der Waals surface area (Å²) in [5.74, 6) is 1.36. The summed E-state index contributed by atoms with van der Waals surface area (Å²) in [4.78, 5) is 17.1. The molecule has 2 heterocycles. The largest absolute Gasteiger partial charge is 0.310 e. The predicted octanol–water partition coefficient (Wildman–Crippen LogP) is 3.03. The molecule has 0 radical (unpaired) electrons. The van der Waals surface area contributed by atoms with Gasteiger partial charge >= 0.3 is 0 Å². The van der Waals surface area contributed by atoms with Crippen LogP contribution in [0.25, 0.3) is 11.3 Å². The molecule has 28 heavy (non-hydrogen) atoms. The second-order valence-electron chi connectivity index (χ2n) is 7.36. The molecule has 0 spiro atoms. The van der Waals surface area contributed by atoms with Crippen molar-refractivity contribution in [3.05, 3.63) is 66.5 Å². The van der Waals surface area contributed by atoms with Gasteiger partial charge in [-0.15, -0.1) is 0 Å². The fraction of sp³-hybridized carbons (Fsp3) is 0.318. The fourth-order valence-corrected chi connectivity index (χ4v) is 3.20. The summed E-state index contributed by atoms with van der Waals surface area (Å²) in [6, 6.07) is 15.6. The minimum atomic E-state index is -0.276. The Morgan fingerprint density at radius 2 is 1.93 bits per heavy atom. The Labute approximate surface area is 165 Å². The first-order chi connectivity index (χ1) is 13.7. The Balaban J connectivity index is 1.48. The number of nitrogens with one attached hydrogen (secondary N) is 2. The van der Waals surface area contributed by atoms with E-state index in [1.807, 2.05) is 43.4 Å². The molecule has 0 bridgehead atoms. The van der Waals surface area contributed by atoms with Crippen molar-refractivity contribution in [1.82, 2.24) is 20.1 Å². The highest BCUT2D eigenvalue weighted by Crippen LogP contribution is 2.28. The van der Waals surface area contributed by atoms with Gasteiger partial charge in [-0.3, -0.25) is 14.5 Å². The molecule has 6 nitrogen and oxygen atoms in total. The van der Waals surface area contributed by atoms with Gasteiger partial charge in [0.15, 0.2) is 0 Å². The molecular weight excluding hydrogens is 350 g/mol. The molecule has 1 amide bonds. The molecular formula is C22H25N5O. The number of aryl methyl sites for hydroxylation is 1. The Hall–Kier alpha value is -2.99. The lowest BCUT2D eigenvalue weighted by Gasteiger charge is -2.18. The average Bonchev–Trinajstić information content (AvgIpc) is 3.49. The maximum atomic E-state index is 13.0. The number of anilines is 1. The van der Waals surface area contributed by atoms with Gasteiger partial charge in [-0.2, -0.15) is 5.10 Å². The smallest absolute Gasteiger partial charge is 0.242 e. The third-order valence-electron chi connectivity index (χ3n) is 5.06. The molecule has 3 aromatic rings. The lowest BCUT2D eigenvalue weighted by atomic mass is 10.0.